The number of carbonyl (C=O) groups excluding carboxylic acids is 2. The summed E-state index contributed by atoms with van der Waals surface area (Å²) in [6.45, 7) is 3.10. The molecule has 0 aliphatic rings. The fourth-order valence-corrected chi connectivity index (χ4v) is 3.66. The predicted molar refractivity (Wildman–Crippen MR) is 124 cm³/mol. The molecule has 1 aromatic heterocycles. The van der Waals surface area contributed by atoms with E-state index in [0.717, 1.165) is 18.2 Å². The highest BCUT2D eigenvalue weighted by atomic mass is 35.5. The molecule has 4 nitrogen and oxygen atoms in total. The average Bonchev–Trinajstić information content (AvgIpc) is 3.20. The number of alkyl halides is 4. The Labute approximate surface area is 203 Å². The molecular formula is C25H20ClF5N2O2. The molecule has 2 unspecified atom stereocenters. The number of halogens is 6. The Kier molecular flexibility index (Phi) is 7.80. The zero-order valence-electron chi connectivity index (χ0n) is 18.5. The van der Waals surface area contributed by atoms with E-state index < -0.39 is 46.3 Å². The van der Waals surface area contributed by atoms with Crippen molar-refractivity contribution < 1.29 is 31.5 Å². The molecule has 0 saturated heterocycles. The van der Waals surface area contributed by atoms with Crippen LogP contribution in [-0.4, -0.2) is 16.8 Å². The van der Waals surface area contributed by atoms with Gasteiger partial charge in [0.15, 0.2) is 11.6 Å². The SMILES string of the molecule is CC(C=O)/C=C\c1cc(C(F)(F)F)c(-c2ccc(NC(=O)c3cccc(F)c3F)cc2)n1C(C)Cl. The van der Waals surface area contributed by atoms with E-state index in [-0.39, 0.29) is 22.6 Å². The Morgan fingerprint density at radius 2 is 1.74 bits per heavy atom. The van der Waals surface area contributed by atoms with Gasteiger partial charge in [0.1, 0.15) is 11.8 Å². The van der Waals surface area contributed by atoms with Gasteiger partial charge in [-0.1, -0.05) is 42.8 Å². The van der Waals surface area contributed by atoms with Crippen molar-refractivity contribution >= 4 is 35.6 Å². The van der Waals surface area contributed by atoms with E-state index in [2.05, 4.69) is 5.32 Å². The third kappa shape index (κ3) is 5.79. The zero-order valence-corrected chi connectivity index (χ0v) is 19.3. The smallest absolute Gasteiger partial charge is 0.324 e. The molecule has 35 heavy (non-hydrogen) atoms. The summed E-state index contributed by atoms with van der Waals surface area (Å²) in [6.07, 6.45) is -1.18. The van der Waals surface area contributed by atoms with E-state index in [1.54, 1.807) is 6.92 Å². The summed E-state index contributed by atoms with van der Waals surface area (Å²) in [5, 5.41) is 2.39. The average molecular weight is 511 g/mol. The number of nitrogens with zero attached hydrogens (tertiary/aromatic N) is 1. The lowest BCUT2D eigenvalue weighted by Crippen LogP contribution is -2.14. The molecule has 10 heteroatoms. The Morgan fingerprint density at radius 3 is 2.31 bits per heavy atom. The topological polar surface area (TPSA) is 51.1 Å². The number of amides is 1. The molecule has 3 rings (SSSR count). The number of nitrogens with one attached hydrogen (secondary N) is 1. The lowest BCUT2D eigenvalue weighted by Gasteiger charge is -2.17. The number of anilines is 1. The van der Waals surface area contributed by atoms with E-state index in [1.807, 2.05) is 0 Å². The molecule has 0 saturated carbocycles. The summed E-state index contributed by atoms with van der Waals surface area (Å²) in [5.74, 6) is -3.92. The first-order valence-electron chi connectivity index (χ1n) is 10.4. The second kappa shape index (κ2) is 10.4. The minimum Gasteiger partial charge on any atom is -0.324 e. The Hall–Kier alpha value is -3.46. The van der Waals surface area contributed by atoms with Crippen LogP contribution < -0.4 is 5.32 Å². The van der Waals surface area contributed by atoms with Gasteiger partial charge in [-0.3, -0.25) is 4.79 Å². The molecule has 0 radical (unpaired) electrons. The molecule has 1 heterocycles. The van der Waals surface area contributed by atoms with Crippen molar-refractivity contribution in [3.05, 3.63) is 83.1 Å². The Morgan fingerprint density at radius 1 is 1.09 bits per heavy atom. The number of hydrogen-bond donors (Lipinski definition) is 1. The van der Waals surface area contributed by atoms with Crippen molar-refractivity contribution in [1.82, 2.24) is 4.57 Å². The van der Waals surface area contributed by atoms with Gasteiger partial charge in [0.2, 0.25) is 0 Å². The number of aromatic nitrogens is 1. The van der Waals surface area contributed by atoms with Gasteiger partial charge in [0.25, 0.3) is 5.91 Å². The van der Waals surface area contributed by atoms with Crippen LogP contribution >= 0.6 is 11.6 Å². The predicted octanol–water partition coefficient (Wildman–Crippen LogP) is 7.31. The molecule has 0 bridgehead atoms. The van der Waals surface area contributed by atoms with E-state index in [4.69, 9.17) is 11.6 Å². The summed E-state index contributed by atoms with van der Waals surface area (Å²) in [7, 11) is 0. The van der Waals surface area contributed by atoms with Gasteiger partial charge >= 0.3 is 6.18 Å². The Bertz CT molecular complexity index is 1260. The number of allylic oxidation sites excluding steroid dienone is 1. The maximum Gasteiger partial charge on any atom is 0.418 e. The molecule has 0 aliphatic heterocycles. The van der Waals surface area contributed by atoms with E-state index in [1.165, 1.54) is 54.0 Å². The highest BCUT2D eigenvalue weighted by Crippen LogP contribution is 2.42. The standard InChI is InChI=1S/C25H20ClF5N2O2/c1-14(13-34)6-11-18-12-20(25(29,30)31)23(33(18)15(2)26)16-7-9-17(10-8-16)32-24(35)19-4-3-5-21(27)22(19)28/h3-15H,1-2H3,(H,32,35)/b11-6-. The number of aldehydes is 1. The van der Waals surface area contributed by atoms with Gasteiger partial charge in [0, 0.05) is 17.3 Å². The van der Waals surface area contributed by atoms with Crippen LogP contribution in [0.4, 0.5) is 27.6 Å². The molecular weight excluding hydrogens is 491 g/mol. The summed E-state index contributed by atoms with van der Waals surface area (Å²) in [5.41, 5.74) is -2.05. The highest BCUT2D eigenvalue weighted by molar-refractivity contribution is 6.19. The second-order valence-corrected chi connectivity index (χ2v) is 8.39. The second-order valence-electron chi connectivity index (χ2n) is 7.76. The first-order valence-corrected chi connectivity index (χ1v) is 10.8. The quantitative estimate of drug-likeness (QED) is 0.206. The van der Waals surface area contributed by atoms with Crippen molar-refractivity contribution in [3.63, 3.8) is 0 Å². The van der Waals surface area contributed by atoms with Crippen LogP contribution in [-0.2, 0) is 11.0 Å². The molecule has 0 spiro atoms. The van der Waals surface area contributed by atoms with Crippen molar-refractivity contribution in [2.75, 3.05) is 5.32 Å². The third-order valence-electron chi connectivity index (χ3n) is 5.13. The minimum atomic E-state index is -4.70. The van der Waals surface area contributed by atoms with Gasteiger partial charge < -0.3 is 14.7 Å². The van der Waals surface area contributed by atoms with Crippen molar-refractivity contribution in [2.24, 2.45) is 5.92 Å². The van der Waals surface area contributed by atoms with Gasteiger partial charge in [-0.2, -0.15) is 13.2 Å². The normalized spacial score (nSPS) is 13.6. The molecule has 184 valence electrons. The number of benzene rings is 2. The van der Waals surface area contributed by atoms with Crippen molar-refractivity contribution in [1.29, 1.82) is 0 Å². The van der Waals surface area contributed by atoms with E-state index in [0.29, 0.717) is 6.29 Å². The molecule has 1 amide bonds. The number of carbonyl (C=O) groups is 2. The zero-order chi connectivity index (χ0) is 25.9. The van der Waals surface area contributed by atoms with Gasteiger partial charge in [0.05, 0.1) is 16.8 Å². The number of hydrogen-bond acceptors (Lipinski definition) is 2. The van der Waals surface area contributed by atoms with Crippen LogP contribution in [0.1, 0.15) is 41.0 Å². The van der Waals surface area contributed by atoms with E-state index in [9.17, 15) is 31.5 Å². The summed E-state index contributed by atoms with van der Waals surface area (Å²) < 4.78 is 70.3. The van der Waals surface area contributed by atoms with Crippen LogP contribution in [0.5, 0.6) is 0 Å². The number of rotatable bonds is 7. The molecule has 2 atom stereocenters. The van der Waals surface area contributed by atoms with Crippen LogP contribution in [0.2, 0.25) is 0 Å². The van der Waals surface area contributed by atoms with Crippen LogP contribution in [0, 0.1) is 17.6 Å². The first kappa shape index (κ1) is 26.2. The van der Waals surface area contributed by atoms with Crippen LogP contribution in [0.15, 0.2) is 54.6 Å². The summed E-state index contributed by atoms with van der Waals surface area (Å²) in [4.78, 5) is 23.2. The van der Waals surface area contributed by atoms with Crippen molar-refractivity contribution in [2.45, 2.75) is 25.5 Å². The lowest BCUT2D eigenvalue weighted by molar-refractivity contribution is -0.137. The molecule has 3 aromatic rings. The molecule has 1 N–H and O–H groups in total. The molecule has 0 fully saturated rings. The van der Waals surface area contributed by atoms with Gasteiger partial charge in [-0.05, 0) is 48.9 Å². The molecule has 0 aliphatic carbocycles. The van der Waals surface area contributed by atoms with Crippen LogP contribution in [0.3, 0.4) is 0 Å². The highest BCUT2D eigenvalue weighted by Gasteiger charge is 2.37. The minimum absolute atomic E-state index is 0.155. The van der Waals surface area contributed by atoms with Crippen molar-refractivity contribution in [3.8, 4) is 11.3 Å². The first-order chi connectivity index (χ1) is 16.4. The monoisotopic (exact) mass is 510 g/mol. The molecule has 2 aromatic carbocycles. The van der Waals surface area contributed by atoms with E-state index >= 15 is 0 Å². The fraction of sp³-hybridized carbons (Fsp3) is 0.200. The Balaban J connectivity index is 2.02. The third-order valence-corrected chi connectivity index (χ3v) is 5.32. The van der Waals surface area contributed by atoms with Gasteiger partial charge in [-0.25, -0.2) is 8.78 Å². The maximum atomic E-state index is 13.9. The lowest BCUT2D eigenvalue weighted by atomic mass is 10.1. The van der Waals surface area contributed by atoms with Crippen LogP contribution in [0.25, 0.3) is 17.3 Å². The fourth-order valence-electron chi connectivity index (χ4n) is 3.45. The summed E-state index contributed by atoms with van der Waals surface area (Å²) >= 11 is 6.24. The summed E-state index contributed by atoms with van der Waals surface area (Å²) in [6, 6.07) is 9.47. The maximum absolute atomic E-state index is 13.9. The van der Waals surface area contributed by atoms with Gasteiger partial charge in [-0.15, -0.1) is 0 Å². The largest absolute Gasteiger partial charge is 0.418 e.